The zero-order chi connectivity index (χ0) is 18.2. The average Bonchev–Trinajstić information content (AvgIpc) is 2.93. The highest BCUT2D eigenvalue weighted by molar-refractivity contribution is 14.0. The van der Waals surface area contributed by atoms with Crippen LogP contribution in [0.4, 0.5) is 4.79 Å². The molecule has 2 heterocycles. The summed E-state index contributed by atoms with van der Waals surface area (Å²) in [7, 11) is 1.42. The molecule has 0 unspecified atom stereocenters. The molecular formula is C17H30IN5O3. The summed E-state index contributed by atoms with van der Waals surface area (Å²) in [4.78, 5) is 17.9. The van der Waals surface area contributed by atoms with E-state index >= 15 is 0 Å². The molecule has 0 aliphatic carbocycles. The second-order valence-corrected chi connectivity index (χ2v) is 6.19. The molecule has 9 heteroatoms. The van der Waals surface area contributed by atoms with Gasteiger partial charge in [0, 0.05) is 37.8 Å². The number of carbonyl (C=O) groups is 1. The Labute approximate surface area is 172 Å². The Kier molecular flexibility index (Phi) is 9.74. The Balaban J connectivity index is 0.00000338. The van der Waals surface area contributed by atoms with Gasteiger partial charge in [-0.25, -0.2) is 4.79 Å². The van der Waals surface area contributed by atoms with Crippen LogP contribution in [-0.4, -0.2) is 61.4 Å². The van der Waals surface area contributed by atoms with E-state index < -0.39 is 0 Å². The predicted octanol–water partition coefficient (Wildman–Crippen LogP) is 2.24. The van der Waals surface area contributed by atoms with E-state index in [9.17, 15) is 4.79 Å². The van der Waals surface area contributed by atoms with Crippen LogP contribution in [0.15, 0.2) is 9.52 Å². The molecule has 1 aliphatic rings. The number of likely N-dealkylation sites (tertiary alicyclic amines) is 1. The van der Waals surface area contributed by atoms with Crippen molar-refractivity contribution in [2.24, 2.45) is 4.99 Å². The van der Waals surface area contributed by atoms with Crippen molar-refractivity contribution in [1.82, 2.24) is 20.7 Å². The number of halogens is 1. The van der Waals surface area contributed by atoms with Gasteiger partial charge in [-0.15, -0.1) is 24.0 Å². The van der Waals surface area contributed by atoms with E-state index in [1.54, 1.807) is 4.90 Å². The van der Waals surface area contributed by atoms with Crippen LogP contribution < -0.4 is 10.6 Å². The van der Waals surface area contributed by atoms with E-state index in [0.717, 1.165) is 48.8 Å². The summed E-state index contributed by atoms with van der Waals surface area (Å²) >= 11 is 0. The minimum Gasteiger partial charge on any atom is -0.453 e. The molecule has 8 nitrogen and oxygen atoms in total. The Bertz CT molecular complexity index is 578. The zero-order valence-electron chi connectivity index (χ0n) is 16.0. The van der Waals surface area contributed by atoms with Gasteiger partial charge in [-0.05, 0) is 40.0 Å². The van der Waals surface area contributed by atoms with Crippen LogP contribution in [0.2, 0.25) is 0 Å². The second-order valence-electron chi connectivity index (χ2n) is 6.19. The van der Waals surface area contributed by atoms with E-state index in [4.69, 9.17) is 9.26 Å². The van der Waals surface area contributed by atoms with Gasteiger partial charge < -0.3 is 24.8 Å². The van der Waals surface area contributed by atoms with E-state index in [2.05, 4.69) is 20.8 Å². The number of hydrogen-bond acceptors (Lipinski definition) is 5. The Hall–Kier alpha value is -1.52. The molecule has 0 atom stereocenters. The Morgan fingerprint density at radius 1 is 1.38 bits per heavy atom. The Morgan fingerprint density at radius 3 is 2.62 bits per heavy atom. The minimum atomic E-state index is -0.251. The highest BCUT2D eigenvalue weighted by Gasteiger charge is 2.23. The van der Waals surface area contributed by atoms with Gasteiger partial charge in [0.15, 0.2) is 5.96 Å². The van der Waals surface area contributed by atoms with E-state index in [1.807, 2.05) is 20.8 Å². The SMILES string of the molecule is CCNC(=NCCc1c(C)noc1C)NC1CCN(C(=O)OC)CC1.I. The first-order valence-electron chi connectivity index (χ1n) is 8.84. The molecule has 1 aromatic rings. The normalized spacial score (nSPS) is 15.4. The number of guanidine groups is 1. The lowest BCUT2D eigenvalue weighted by atomic mass is 10.1. The van der Waals surface area contributed by atoms with Crippen molar-refractivity contribution in [3.63, 3.8) is 0 Å². The van der Waals surface area contributed by atoms with Gasteiger partial charge in [0.1, 0.15) is 5.76 Å². The fourth-order valence-electron chi connectivity index (χ4n) is 2.99. The maximum absolute atomic E-state index is 11.5. The van der Waals surface area contributed by atoms with Gasteiger partial charge in [-0.3, -0.25) is 4.99 Å². The van der Waals surface area contributed by atoms with Crippen LogP contribution in [0.5, 0.6) is 0 Å². The van der Waals surface area contributed by atoms with Crippen molar-refractivity contribution < 1.29 is 14.1 Å². The fourth-order valence-corrected chi connectivity index (χ4v) is 2.99. The first-order valence-corrected chi connectivity index (χ1v) is 8.84. The summed E-state index contributed by atoms with van der Waals surface area (Å²) in [6.07, 6.45) is 2.31. The summed E-state index contributed by atoms with van der Waals surface area (Å²) in [5.41, 5.74) is 2.06. The number of amides is 1. The number of ether oxygens (including phenoxy) is 1. The number of aliphatic imine (C=N–C) groups is 1. The summed E-state index contributed by atoms with van der Waals surface area (Å²) in [6.45, 7) is 8.79. The number of hydrogen-bond donors (Lipinski definition) is 2. The van der Waals surface area contributed by atoms with E-state index in [0.29, 0.717) is 25.7 Å². The number of aromatic nitrogens is 1. The molecule has 26 heavy (non-hydrogen) atoms. The smallest absolute Gasteiger partial charge is 0.409 e. The molecule has 1 aromatic heterocycles. The van der Waals surface area contributed by atoms with Crippen molar-refractivity contribution in [2.45, 2.75) is 46.1 Å². The summed E-state index contributed by atoms with van der Waals surface area (Å²) < 4.78 is 9.96. The molecule has 1 aliphatic heterocycles. The van der Waals surface area contributed by atoms with E-state index in [-0.39, 0.29) is 30.1 Å². The lowest BCUT2D eigenvalue weighted by Gasteiger charge is -2.32. The predicted molar refractivity (Wildman–Crippen MR) is 111 cm³/mol. The summed E-state index contributed by atoms with van der Waals surface area (Å²) in [5, 5.41) is 10.7. The molecule has 0 aromatic carbocycles. The molecule has 0 radical (unpaired) electrons. The van der Waals surface area contributed by atoms with Crippen molar-refractivity contribution in [1.29, 1.82) is 0 Å². The monoisotopic (exact) mass is 479 g/mol. The maximum atomic E-state index is 11.5. The molecule has 2 N–H and O–H groups in total. The number of nitrogens with zero attached hydrogens (tertiary/aromatic N) is 3. The number of methoxy groups -OCH3 is 1. The summed E-state index contributed by atoms with van der Waals surface area (Å²) in [5.74, 6) is 1.67. The first kappa shape index (κ1) is 22.5. The maximum Gasteiger partial charge on any atom is 0.409 e. The zero-order valence-corrected chi connectivity index (χ0v) is 18.3. The number of piperidine rings is 1. The highest BCUT2D eigenvalue weighted by Crippen LogP contribution is 2.13. The van der Waals surface area contributed by atoms with Crippen molar-refractivity contribution in [2.75, 3.05) is 33.3 Å². The van der Waals surface area contributed by atoms with Gasteiger partial charge in [0.2, 0.25) is 0 Å². The van der Waals surface area contributed by atoms with Crippen LogP contribution in [-0.2, 0) is 11.2 Å². The number of aryl methyl sites for hydroxylation is 2. The van der Waals surface area contributed by atoms with Gasteiger partial charge in [-0.2, -0.15) is 0 Å². The molecule has 148 valence electrons. The largest absolute Gasteiger partial charge is 0.453 e. The van der Waals surface area contributed by atoms with Crippen LogP contribution in [0, 0.1) is 13.8 Å². The number of rotatable bonds is 5. The highest BCUT2D eigenvalue weighted by atomic mass is 127. The lowest BCUT2D eigenvalue weighted by molar-refractivity contribution is 0.111. The average molecular weight is 479 g/mol. The topological polar surface area (TPSA) is 92.0 Å². The second kappa shape index (κ2) is 11.2. The van der Waals surface area contributed by atoms with Gasteiger partial charge >= 0.3 is 6.09 Å². The van der Waals surface area contributed by atoms with Crippen molar-refractivity contribution in [3.05, 3.63) is 17.0 Å². The molecule has 0 bridgehead atoms. The van der Waals surface area contributed by atoms with Gasteiger partial charge in [-0.1, -0.05) is 5.16 Å². The van der Waals surface area contributed by atoms with Crippen LogP contribution >= 0.6 is 24.0 Å². The number of carbonyl (C=O) groups excluding carboxylic acids is 1. The third-order valence-electron chi connectivity index (χ3n) is 4.43. The van der Waals surface area contributed by atoms with Crippen LogP contribution in [0.3, 0.4) is 0 Å². The van der Waals surface area contributed by atoms with E-state index in [1.165, 1.54) is 7.11 Å². The summed E-state index contributed by atoms with van der Waals surface area (Å²) in [6, 6.07) is 0.303. The van der Waals surface area contributed by atoms with Crippen molar-refractivity contribution in [3.8, 4) is 0 Å². The molecule has 0 saturated carbocycles. The third-order valence-corrected chi connectivity index (χ3v) is 4.43. The molecule has 1 saturated heterocycles. The quantitative estimate of drug-likeness (QED) is 0.383. The third kappa shape index (κ3) is 6.33. The fraction of sp³-hybridized carbons (Fsp3) is 0.706. The first-order chi connectivity index (χ1) is 12.0. The Morgan fingerprint density at radius 2 is 2.08 bits per heavy atom. The standard InChI is InChI=1S/C17H29N5O3.HI/c1-5-18-16(19-9-6-15-12(2)21-25-13(15)3)20-14-7-10-22(11-8-14)17(23)24-4;/h14H,5-11H2,1-4H3,(H2,18,19,20);1H. The molecule has 1 fully saturated rings. The minimum absolute atomic E-state index is 0. The molecule has 0 spiro atoms. The van der Waals surface area contributed by atoms with Gasteiger partial charge in [0.05, 0.1) is 12.8 Å². The van der Waals surface area contributed by atoms with Crippen molar-refractivity contribution >= 4 is 36.0 Å². The molecule has 1 amide bonds. The number of nitrogens with one attached hydrogen (secondary N) is 2. The molecular weight excluding hydrogens is 449 g/mol. The lowest BCUT2D eigenvalue weighted by Crippen LogP contribution is -2.49. The van der Waals surface area contributed by atoms with Crippen LogP contribution in [0.1, 0.15) is 36.8 Å². The molecule has 2 rings (SSSR count). The van der Waals surface area contributed by atoms with Gasteiger partial charge in [0.25, 0.3) is 0 Å². The van der Waals surface area contributed by atoms with Crippen LogP contribution in [0.25, 0.3) is 0 Å².